The first-order valence-electron chi connectivity index (χ1n) is 7.84. The molecule has 0 aliphatic heterocycles. The number of carbonyl (C=O) groups is 1. The monoisotopic (exact) mass is 334 g/mol. The molecule has 126 valence electrons. The molecule has 2 aromatic carbocycles. The molecule has 0 saturated carbocycles. The van der Waals surface area contributed by atoms with Crippen molar-refractivity contribution in [3.05, 3.63) is 78.4 Å². The number of amides is 1. The predicted octanol–water partition coefficient (Wildman–Crippen LogP) is 4.47. The van der Waals surface area contributed by atoms with Crippen LogP contribution in [-0.2, 0) is 0 Å². The van der Waals surface area contributed by atoms with E-state index in [2.05, 4.69) is 17.1 Å². The average Bonchev–Trinajstić information content (AvgIpc) is 3.09. The molecule has 0 bridgehead atoms. The van der Waals surface area contributed by atoms with Crippen molar-refractivity contribution in [2.75, 3.05) is 11.9 Å². The molecule has 1 N–H and O–H groups in total. The molecule has 0 aliphatic carbocycles. The zero-order chi connectivity index (χ0) is 17.6. The van der Waals surface area contributed by atoms with Gasteiger partial charge in [-0.25, -0.2) is 0 Å². The van der Waals surface area contributed by atoms with Gasteiger partial charge in [-0.3, -0.25) is 10.1 Å². The van der Waals surface area contributed by atoms with Gasteiger partial charge in [-0.2, -0.15) is 0 Å². The van der Waals surface area contributed by atoms with Crippen LogP contribution in [0.4, 0.5) is 5.88 Å². The zero-order valence-corrected chi connectivity index (χ0v) is 13.9. The molecule has 0 radical (unpaired) electrons. The van der Waals surface area contributed by atoms with Gasteiger partial charge in [-0.15, -0.1) is 0 Å². The minimum absolute atomic E-state index is 0.276. The lowest BCUT2D eigenvalue weighted by atomic mass is 10.1. The maximum Gasteiger partial charge on any atom is 0.258 e. The fraction of sp³-hybridized carbons (Fsp3) is 0.100. The van der Waals surface area contributed by atoms with Gasteiger partial charge >= 0.3 is 0 Å². The average molecular weight is 334 g/mol. The number of aromatic nitrogens is 1. The van der Waals surface area contributed by atoms with Gasteiger partial charge in [0.05, 0.1) is 0 Å². The fourth-order valence-corrected chi connectivity index (χ4v) is 2.24. The fourth-order valence-electron chi connectivity index (χ4n) is 2.24. The standard InChI is InChI=1S/C20H18N2O3/c1-3-12-24-17-10-8-16(9-11-17)20(23)21-19-13-18(22-25-19)15-6-4-14(2)5-7-15/h3-11,13H,1,12H2,2H3,(H,21,23). The second kappa shape index (κ2) is 7.49. The van der Waals surface area contributed by atoms with Crippen molar-refractivity contribution >= 4 is 11.8 Å². The second-order valence-corrected chi connectivity index (χ2v) is 5.52. The van der Waals surface area contributed by atoms with Crippen molar-refractivity contribution in [3.63, 3.8) is 0 Å². The maximum absolute atomic E-state index is 12.3. The van der Waals surface area contributed by atoms with Gasteiger partial charge < -0.3 is 9.26 Å². The normalized spacial score (nSPS) is 10.3. The molecule has 25 heavy (non-hydrogen) atoms. The van der Waals surface area contributed by atoms with E-state index in [0.717, 1.165) is 5.56 Å². The van der Waals surface area contributed by atoms with Crippen molar-refractivity contribution < 1.29 is 14.1 Å². The van der Waals surface area contributed by atoms with Crippen LogP contribution in [0.1, 0.15) is 15.9 Å². The zero-order valence-electron chi connectivity index (χ0n) is 13.9. The van der Waals surface area contributed by atoms with E-state index in [0.29, 0.717) is 29.5 Å². The number of carbonyl (C=O) groups excluding carboxylic acids is 1. The number of rotatable bonds is 6. The molecule has 0 spiro atoms. The Bertz CT molecular complexity index is 865. The van der Waals surface area contributed by atoms with Crippen LogP contribution in [0.25, 0.3) is 11.3 Å². The molecule has 0 fully saturated rings. The summed E-state index contributed by atoms with van der Waals surface area (Å²) in [6, 6.07) is 16.4. The third-order valence-electron chi connectivity index (χ3n) is 3.58. The highest BCUT2D eigenvalue weighted by Gasteiger charge is 2.11. The summed E-state index contributed by atoms with van der Waals surface area (Å²) in [6.07, 6.45) is 1.66. The first-order chi connectivity index (χ1) is 12.2. The van der Waals surface area contributed by atoms with Gasteiger partial charge in [0.15, 0.2) is 0 Å². The third kappa shape index (κ3) is 4.14. The Hall–Kier alpha value is -3.34. The van der Waals surface area contributed by atoms with Gasteiger partial charge in [-0.1, -0.05) is 47.6 Å². The Labute approximate surface area is 145 Å². The summed E-state index contributed by atoms with van der Waals surface area (Å²) in [6.45, 7) is 6.03. The topological polar surface area (TPSA) is 64.4 Å². The Balaban J connectivity index is 1.67. The smallest absolute Gasteiger partial charge is 0.258 e. The number of aryl methyl sites for hydroxylation is 1. The van der Waals surface area contributed by atoms with Crippen molar-refractivity contribution in [2.45, 2.75) is 6.92 Å². The van der Waals surface area contributed by atoms with Crippen LogP contribution in [0.15, 0.2) is 71.8 Å². The largest absolute Gasteiger partial charge is 0.490 e. The van der Waals surface area contributed by atoms with Crippen LogP contribution in [0.5, 0.6) is 5.75 Å². The van der Waals surface area contributed by atoms with Gasteiger partial charge in [0, 0.05) is 17.2 Å². The number of nitrogens with one attached hydrogen (secondary N) is 1. The molecule has 1 amide bonds. The first kappa shape index (κ1) is 16.5. The highest BCUT2D eigenvalue weighted by molar-refractivity contribution is 6.03. The third-order valence-corrected chi connectivity index (χ3v) is 3.58. The number of anilines is 1. The molecule has 5 nitrogen and oxygen atoms in total. The molecule has 0 unspecified atom stereocenters. The first-order valence-corrected chi connectivity index (χ1v) is 7.84. The van der Waals surface area contributed by atoms with Gasteiger partial charge in [0.25, 0.3) is 5.91 Å². The number of nitrogens with zero attached hydrogens (tertiary/aromatic N) is 1. The van der Waals surface area contributed by atoms with Crippen LogP contribution >= 0.6 is 0 Å². The lowest BCUT2D eigenvalue weighted by molar-refractivity contribution is 0.102. The van der Waals surface area contributed by atoms with Crippen LogP contribution in [0.3, 0.4) is 0 Å². The molecule has 3 rings (SSSR count). The summed E-state index contributed by atoms with van der Waals surface area (Å²) in [5.41, 5.74) is 3.27. The molecular formula is C20H18N2O3. The van der Waals surface area contributed by atoms with E-state index in [1.54, 1.807) is 36.4 Å². The Morgan fingerprint density at radius 3 is 2.60 bits per heavy atom. The van der Waals surface area contributed by atoms with Crippen LogP contribution in [0, 0.1) is 6.92 Å². The lowest BCUT2D eigenvalue weighted by Gasteiger charge is -2.04. The minimum Gasteiger partial charge on any atom is -0.490 e. The van der Waals surface area contributed by atoms with Crippen LogP contribution in [-0.4, -0.2) is 17.7 Å². The minimum atomic E-state index is -0.276. The summed E-state index contributed by atoms with van der Waals surface area (Å²) in [4.78, 5) is 12.3. The van der Waals surface area contributed by atoms with Gasteiger partial charge in [0.1, 0.15) is 18.1 Å². The van der Waals surface area contributed by atoms with Crippen molar-refractivity contribution in [2.24, 2.45) is 0 Å². The van der Waals surface area contributed by atoms with E-state index in [9.17, 15) is 4.79 Å². The second-order valence-electron chi connectivity index (χ2n) is 5.52. The predicted molar refractivity (Wildman–Crippen MR) is 96.8 cm³/mol. The summed E-state index contributed by atoms with van der Waals surface area (Å²) in [5, 5.41) is 6.69. The van der Waals surface area contributed by atoms with Crippen molar-refractivity contribution in [1.29, 1.82) is 0 Å². The number of benzene rings is 2. The molecular weight excluding hydrogens is 316 g/mol. The van der Waals surface area contributed by atoms with Gasteiger partial charge in [-0.05, 0) is 31.2 Å². The number of hydrogen-bond acceptors (Lipinski definition) is 4. The highest BCUT2D eigenvalue weighted by atomic mass is 16.5. The van der Waals surface area contributed by atoms with Crippen LogP contribution < -0.4 is 10.1 Å². The van der Waals surface area contributed by atoms with E-state index >= 15 is 0 Å². The molecule has 0 saturated heterocycles. The molecule has 3 aromatic rings. The van der Waals surface area contributed by atoms with E-state index in [1.165, 1.54) is 5.56 Å². The number of hydrogen-bond donors (Lipinski definition) is 1. The molecule has 0 atom stereocenters. The summed E-state index contributed by atoms with van der Waals surface area (Å²) < 4.78 is 10.6. The Kier molecular flexibility index (Phi) is 4.95. The van der Waals surface area contributed by atoms with Crippen molar-refractivity contribution in [1.82, 2.24) is 5.16 Å². The van der Waals surface area contributed by atoms with Crippen molar-refractivity contribution in [3.8, 4) is 17.0 Å². The Morgan fingerprint density at radius 1 is 1.20 bits per heavy atom. The molecule has 0 aliphatic rings. The Morgan fingerprint density at radius 2 is 1.92 bits per heavy atom. The van der Waals surface area contributed by atoms with E-state index in [1.807, 2.05) is 31.2 Å². The number of ether oxygens (including phenoxy) is 1. The van der Waals surface area contributed by atoms with E-state index < -0.39 is 0 Å². The molecule has 5 heteroatoms. The lowest BCUT2D eigenvalue weighted by Crippen LogP contribution is -2.11. The molecule has 1 aromatic heterocycles. The van der Waals surface area contributed by atoms with E-state index in [4.69, 9.17) is 9.26 Å². The van der Waals surface area contributed by atoms with Crippen LogP contribution in [0.2, 0.25) is 0 Å². The van der Waals surface area contributed by atoms with Gasteiger partial charge in [0.2, 0.25) is 5.88 Å². The highest BCUT2D eigenvalue weighted by Crippen LogP contribution is 2.22. The summed E-state index contributed by atoms with van der Waals surface area (Å²) >= 11 is 0. The summed E-state index contributed by atoms with van der Waals surface area (Å²) in [7, 11) is 0. The molecule has 1 heterocycles. The SMILES string of the molecule is C=CCOc1ccc(C(=O)Nc2cc(-c3ccc(C)cc3)no2)cc1. The maximum atomic E-state index is 12.3. The van der Waals surface area contributed by atoms with E-state index in [-0.39, 0.29) is 5.91 Å². The quantitative estimate of drug-likeness (QED) is 0.676. The summed E-state index contributed by atoms with van der Waals surface area (Å²) in [5.74, 6) is 0.701.